The highest BCUT2D eigenvalue weighted by Gasteiger charge is 2.39. The van der Waals surface area contributed by atoms with Crippen molar-refractivity contribution in [2.24, 2.45) is 0 Å². The second kappa shape index (κ2) is 5.56. The SMILES string of the molecule is CNC(Cc1ncc(C)c(OC)c1C)C(F)(F)F. The van der Waals surface area contributed by atoms with Crippen molar-refractivity contribution >= 4 is 0 Å². The number of aryl methyl sites for hydroxylation is 1. The molecule has 0 aliphatic heterocycles. The minimum atomic E-state index is -4.29. The Morgan fingerprint density at radius 1 is 1.39 bits per heavy atom. The molecule has 0 aliphatic carbocycles. The van der Waals surface area contributed by atoms with E-state index >= 15 is 0 Å². The number of methoxy groups -OCH3 is 1. The molecule has 0 bridgehead atoms. The summed E-state index contributed by atoms with van der Waals surface area (Å²) in [6, 6.07) is -1.60. The number of hydrogen-bond donors (Lipinski definition) is 1. The molecule has 0 saturated heterocycles. The molecule has 6 heteroatoms. The molecule has 0 aromatic carbocycles. The van der Waals surface area contributed by atoms with Crippen LogP contribution < -0.4 is 10.1 Å². The number of rotatable bonds is 4. The lowest BCUT2D eigenvalue weighted by Gasteiger charge is -2.20. The molecule has 1 aromatic rings. The first-order chi connectivity index (χ1) is 8.31. The van der Waals surface area contributed by atoms with Crippen LogP contribution in [-0.4, -0.2) is 31.4 Å². The Bertz CT molecular complexity index is 419. The topological polar surface area (TPSA) is 34.2 Å². The zero-order valence-electron chi connectivity index (χ0n) is 10.9. The molecule has 0 saturated carbocycles. The monoisotopic (exact) mass is 262 g/mol. The van der Waals surface area contributed by atoms with Crippen LogP contribution in [0.15, 0.2) is 6.20 Å². The molecule has 1 heterocycles. The molecular formula is C12H17F3N2O. The van der Waals surface area contributed by atoms with Crippen molar-refractivity contribution in [2.75, 3.05) is 14.2 Å². The second-order valence-electron chi connectivity index (χ2n) is 4.13. The molecular weight excluding hydrogens is 245 g/mol. The summed E-state index contributed by atoms with van der Waals surface area (Å²) in [5.74, 6) is 0.594. The largest absolute Gasteiger partial charge is 0.496 e. The number of alkyl halides is 3. The van der Waals surface area contributed by atoms with Gasteiger partial charge in [-0.25, -0.2) is 0 Å². The van der Waals surface area contributed by atoms with E-state index in [0.29, 0.717) is 17.0 Å². The lowest BCUT2D eigenvalue weighted by Crippen LogP contribution is -2.42. The maximum atomic E-state index is 12.7. The first-order valence-corrected chi connectivity index (χ1v) is 5.54. The fourth-order valence-electron chi connectivity index (χ4n) is 1.85. The van der Waals surface area contributed by atoms with Gasteiger partial charge < -0.3 is 10.1 Å². The maximum absolute atomic E-state index is 12.7. The molecule has 0 radical (unpaired) electrons. The van der Waals surface area contributed by atoms with Gasteiger partial charge in [-0.15, -0.1) is 0 Å². The van der Waals surface area contributed by atoms with Crippen LogP contribution in [0, 0.1) is 13.8 Å². The van der Waals surface area contributed by atoms with Gasteiger partial charge in [0, 0.05) is 29.4 Å². The van der Waals surface area contributed by atoms with Crippen molar-refractivity contribution in [2.45, 2.75) is 32.5 Å². The number of nitrogens with one attached hydrogen (secondary N) is 1. The fourth-order valence-corrected chi connectivity index (χ4v) is 1.85. The summed E-state index contributed by atoms with van der Waals surface area (Å²) in [5.41, 5.74) is 1.86. The van der Waals surface area contributed by atoms with Crippen molar-refractivity contribution < 1.29 is 17.9 Å². The van der Waals surface area contributed by atoms with Gasteiger partial charge in [0.15, 0.2) is 0 Å². The van der Waals surface area contributed by atoms with Gasteiger partial charge in [0.25, 0.3) is 0 Å². The number of nitrogens with zero attached hydrogens (tertiary/aromatic N) is 1. The third-order valence-electron chi connectivity index (χ3n) is 2.89. The number of ether oxygens (including phenoxy) is 1. The smallest absolute Gasteiger partial charge is 0.404 e. The Morgan fingerprint density at radius 3 is 2.44 bits per heavy atom. The van der Waals surface area contributed by atoms with Crippen LogP contribution in [0.5, 0.6) is 5.75 Å². The highest BCUT2D eigenvalue weighted by Crippen LogP contribution is 2.28. The van der Waals surface area contributed by atoms with Gasteiger partial charge >= 0.3 is 6.18 Å². The Hall–Kier alpha value is -1.30. The van der Waals surface area contributed by atoms with Crippen molar-refractivity contribution in [1.82, 2.24) is 10.3 Å². The average Bonchev–Trinajstić information content (AvgIpc) is 2.27. The van der Waals surface area contributed by atoms with Gasteiger partial charge in [0.05, 0.1) is 7.11 Å². The standard InChI is InChI=1S/C12H17F3N2O/c1-7-6-17-9(8(2)11(7)18-4)5-10(16-3)12(13,14)15/h6,10,16H,5H2,1-4H3. The van der Waals surface area contributed by atoms with Crippen LogP contribution >= 0.6 is 0 Å². The van der Waals surface area contributed by atoms with Crippen molar-refractivity contribution in [3.8, 4) is 5.75 Å². The third kappa shape index (κ3) is 3.13. The first kappa shape index (κ1) is 14.8. The molecule has 1 unspecified atom stereocenters. The average molecular weight is 262 g/mol. The molecule has 1 aromatic heterocycles. The van der Waals surface area contributed by atoms with Crippen molar-refractivity contribution in [1.29, 1.82) is 0 Å². The quantitative estimate of drug-likeness (QED) is 0.904. The van der Waals surface area contributed by atoms with Gasteiger partial charge in [-0.2, -0.15) is 13.2 Å². The maximum Gasteiger partial charge on any atom is 0.404 e. The molecule has 1 atom stereocenters. The summed E-state index contributed by atoms with van der Waals surface area (Å²) in [6.45, 7) is 3.53. The Balaban J connectivity index is 3.05. The van der Waals surface area contributed by atoms with Crippen LogP contribution in [0.3, 0.4) is 0 Å². The van der Waals surface area contributed by atoms with Crippen molar-refractivity contribution in [3.05, 3.63) is 23.0 Å². The predicted octanol–water partition coefficient (Wildman–Crippen LogP) is 2.40. The lowest BCUT2D eigenvalue weighted by molar-refractivity contribution is -0.154. The normalized spacial score (nSPS) is 13.5. The summed E-state index contributed by atoms with van der Waals surface area (Å²) >= 11 is 0. The molecule has 1 N–H and O–H groups in total. The first-order valence-electron chi connectivity index (χ1n) is 5.54. The van der Waals surface area contributed by atoms with Gasteiger partial charge in [-0.3, -0.25) is 4.98 Å². The predicted molar refractivity (Wildman–Crippen MR) is 62.9 cm³/mol. The molecule has 0 spiro atoms. The second-order valence-corrected chi connectivity index (χ2v) is 4.13. The molecule has 1 rings (SSSR count). The Labute approximate surface area is 104 Å². The van der Waals surface area contributed by atoms with E-state index < -0.39 is 12.2 Å². The van der Waals surface area contributed by atoms with Crippen LogP contribution in [0.4, 0.5) is 13.2 Å². The molecule has 18 heavy (non-hydrogen) atoms. The van der Waals surface area contributed by atoms with Crippen LogP contribution in [0.1, 0.15) is 16.8 Å². The zero-order chi connectivity index (χ0) is 13.9. The number of pyridine rings is 1. The molecule has 102 valence electrons. The molecule has 0 fully saturated rings. The summed E-state index contributed by atoms with van der Waals surface area (Å²) < 4.78 is 43.2. The van der Waals surface area contributed by atoms with E-state index in [1.807, 2.05) is 6.92 Å². The fraction of sp³-hybridized carbons (Fsp3) is 0.583. The minimum Gasteiger partial charge on any atom is -0.496 e. The van der Waals surface area contributed by atoms with E-state index in [1.165, 1.54) is 20.4 Å². The Morgan fingerprint density at radius 2 is 2.00 bits per heavy atom. The van der Waals surface area contributed by atoms with Gasteiger partial charge in [0.1, 0.15) is 11.8 Å². The highest BCUT2D eigenvalue weighted by atomic mass is 19.4. The van der Waals surface area contributed by atoms with Gasteiger partial charge in [0.2, 0.25) is 0 Å². The number of hydrogen-bond acceptors (Lipinski definition) is 3. The third-order valence-corrected chi connectivity index (χ3v) is 2.89. The van der Waals surface area contributed by atoms with Crippen LogP contribution in [0.2, 0.25) is 0 Å². The molecule has 0 amide bonds. The number of likely N-dealkylation sites (N-methyl/N-ethyl adjacent to an activating group) is 1. The lowest BCUT2D eigenvalue weighted by atomic mass is 10.0. The summed E-state index contributed by atoms with van der Waals surface area (Å²) in [7, 11) is 2.79. The number of aromatic nitrogens is 1. The van der Waals surface area contributed by atoms with Crippen molar-refractivity contribution in [3.63, 3.8) is 0 Å². The van der Waals surface area contributed by atoms with E-state index in [9.17, 15) is 13.2 Å². The highest BCUT2D eigenvalue weighted by molar-refractivity contribution is 5.41. The number of halogens is 3. The summed E-state index contributed by atoms with van der Waals surface area (Å²) in [5, 5.41) is 2.26. The molecule has 3 nitrogen and oxygen atoms in total. The van der Waals surface area contributed by atoms with E-state index in [2.05, 4.69) is 10.3 Å². The van der Waals surface area contributed by atoms with Gasteiger partial charge in [-0.1, -0.05) is 0 Å². The zero-order valence-corrected chi connectivity index (χ0v) is 10.9. The summed E-state index contributed by atoms with van der Waals surface area (Å²) in [4.78, 5) is 4.07. The van der Waals surface area contributed by atoms with E-state index in [-0.39, 0.29) is 6.42 Å². The molecule has 0 aliphatic rings. The summed E-state index contributed by atoms with van der Waals surface area (Å²) in [6.07, 6.45) is -2.96. The van der Waals surface area contributed by atoms with Crippen LogP contribution in [0.25, 0.3) is 0 Å². The van der Waals surface area contributed by atoms with E-state index in [4.69, 9.17) is 4.74 Å². The Kier molecular flexibility index (Phi) is 4.56. The van der Waals surface area contributed by atoms with Crippen LogP contribution in [-0.2, 0) is 6.42 Å². The van der Waals surface area contributed by atoms with Gasteiger partial charge in [-0.05, 0) is 20.9 Å². The van der Waals surface area contributed by atoms with E-state index in [1.54, 1.807) is 6.92 Å². The minimum absolute atomic E-state index is 0.206. The van der Waals surface area contributed by atoms with E-state index in [0.717, 1.165) is 5.56 Å².